The van der Waals surface area contributed by atoms with Crippen LogP contribution < -0.4 is 14.8 Å². The maximum Gasteiger partial charge on any atom is 0.258 e. The lowest BCUT2D eigenvalue weighted by Crippen LogP contribution is -2.28. The molecule has 0 aliphatic heterocycles. The van der Waals surface area contributed by atoms with Gasteiger partial charge in [-0.25, -0.2) is 4.39 Å². The van der Waals surface area contributed by atoms with Gasteiger partial charge in [0.25, 0.3) is 5.91 Å². The Balaban J connectivity index is 1.80. The maximum absolute atomic E-state index is 13.7. The van der Waals surface area contributed by atoms with Crippen LogP contribution in [0.4, 0.5) is 4.39 Å². The molecule has 0 spiro atoms. The van der Waals surface area contributed by atoms with Crippen molar-refractivity contribution in [3.8, 4) is 11.5 Å². The number of benzene rings is 2. The quantitative estimate of drug-likeness (QED) is 0.853. The van der Waals surface area contributed by atoms with Gasteiger partial charge in [0.1, 0.15) is 5.75 Å². The van der Waals surface area contributed by atoms with Crippen molar-refractivity contribution in [3.63, 3.8) is 0 Å². The Labute approximate surface area is 135 Å². The van der Waals surface area contributed by atoms with Crippen molar-refractivity contribution in [2.24, 2.45) is 0 Å². The third kappa shape index (κ3) is 5.29. The van der Waals surface area contributed by atoms with Crippen LogP contribution in [0, 0.1) is 12.7 Å². The SMILES string of the molecule is CCOc1ccc(CNC(=O)COc2ccc(C)cc2)cc1F. The van der Waals surface area contributed by atoms with Gasteiger partial charge in [0.2, 0.25) is 0 Å². The summed E-state index contributed by atoms with van der Waals surface area (Å²) in [7, 11) is 0. The topological polar surface area (TPSA) is 47.6 Å². The van der Waals surface area contributed by atoms with E-state index in [-0.39, 0.29) is 24.8 Å². The van der Waals surface area contributed by atoms with Crippen molar-refractivity contribution >= 4 is 5.91 Å². The highest BCUT2D eigenvalue weighted by atomic mass is 19.1. The average Bonchev–Trinajstić information content (AvgIpc) is 2.55. The molecule has 0 aromatic heterocycles. The lowest BCUT2D eigenvalue weighted by Gasteiger charge is -2.09. The van der Waals surface area contributed by atoms with Crippen LogP contribution in [0.3, 0.4) is 0 Å². The number of ether oxygens (including phenoxy) is 2. The number of carbonyl (C=O) groups is 1. The normalized spacial score (nSPS) is 10.2. The Bertz CT molecular complexity index is 656. The molecule has 0 bridgehead atoms. The van der Waals surface area contributed by atoms with Crippen molar-refractivity contribution < 1.29 is 18.7 Å². The fraction of sp³-hybridized carbons (Fsp3) is 0.278. The summed E-state index contributed by atoms with van der Waals surface area (Å²) in [5.74, 6) is 0.150. The zero-order valence-electron chi connectivity index (χ0n) is 13.3. The second-order valence-corrected chi connectivity index (χ2v) is 5.08. The summed E-state index contributed by atoms with van der Waals surface area (Å²) >= 11 is 0. The predicted octanol–water partition coefficient (Wildman–Crippen LogP) is 3.23. The Morgan fingerprint density at radius 3 is 2.52 bits per heavy atom. The number of rotatable bonds is 7. The highest BCUT2D eigenvalue weighted by molar-refractivity contribution is 5.77. The van der Waals surface area contributed by atoms with Crippen LogP contribution in [0.1, 0.15) is 18.1 Å². The monoisotopic (exact) mass is 317 g/mol. The van der Waals surface area contributed by atoms with E-state index >= 15 is 0 Å². The summed E-state index contributed by atoms with van der Waals surface area (Å²) in [6.45, 7) is 4.33. The molecule has 0 saturated heterocycles. The first-order valence-electron chi connectivity index (χ1n) is 7.46. The van der Waals surface area contributed by atoms with Gasteiger partial charge >= 0.3 is 0 Å². The minimum atomic E-state index is -0.436. The van der Waals surface area contributed by atoms with Crippen LogP contribution in [0.5, 0.6) is 11.5 Å². The molecule has 2 aromatic carbocycles. The van der Waals surface area contributed by atoms with Crippen LogP contribution in [0.25, 0.3) is 0 Å². The first-order chi connectivity index (χ1) is 11.1. The third-order valence-electron chi connectivity index (χ3n) is 3.18. The van der Waals surface area contributed by atoms with Gasteiger partial charge in [-0.2, -0.15) is 0 Å². The molecule has 23 heavy (non-hydrogen) atoms. The van der Waals surface area contributed by atoms with Crippen LogP contribution in [0.15, 0.2) is 42.5 Å². The van der Waals surface area contributed by atoms with E-state index in [1.807, 2.05) is 31.2 Å². The fourth-order valence-electron chi connectivity index (χ4n) is 1.96. The summed E-state index contributed by atoms with van der Waals surface area (Å²) in [6, 6.07) is 12.1. The van der Waals surface area contributed by atoms with Gasteiger partial charge in [-0.15, -0.1) is 0 Å². The van der Waals surface area contributed by atoms with Gasteiger partial charge in [-0.3, -0.25) is 4.79 Å². The van der Waals surface area contributed by atoms with Crippen LogP contribution in [-0.4, -0.2) is 19.1 Å². The smallest absolute Gasteiger partial charge is 0.258 e. The lowest BCUT2D eigenvalue weighted by atomic mass is 10.2. The number of aryl methyl sites for hydroxylation is 1. The zero-order valence-corrected chi connectivity index (χ0v) is 13.3. The summed E-state index contributed by atoms with van der Waals surface area (Å²) < 4.78 is 24.2. The Kier molecular flexibility index (Phi) is 5.97. The summed E-state index contributed by atoms with van der Waals surface area (Å²) in [4.78, 5) is 11.8. The van der Waals surface area contributed by atoms with Crippen molar-refractivity contribution in [2.45, 2.75) is 20.4 Å². The van der Waals surface area contributed by atoms with E-state index in [4.69, 9.17) is 9.47 Å². The molecule has 0 aliphatic rings. The van der Waals surface area contributed by atoms with Gasteiger partial charge in [0.05, 0.1) is 6.61 Å². The fourth-order valence-corrected chi connectivity index (χ4v) is 1.96. The molecule has 0 atom stereocenters. The molecule has 5 heteroatoms. The molecule has 0 fully saturated rings. The number of halogens is 1. The summed E-state index contributed by atoms with van der Waals surface area (Å²) in [6.07, 6.45) is 0. The number of amides is 1. The molecule has 0 unspecified atom stereocenters. The molecule has 0 saturated carbocycles. The van der Waals surface area contributed by atoms with E-state index in [1.165, 1.54) is 6.07 Å². The van der Waals surface area contributed by atoms with Crippen LogP contribution >= 0.6 is 0 Å². The van der Waals surface area contributed by atoms with Crippen molar-refractivity contribution in [2.75, 3.05) is 13.2 Å². The van der Waals surface area contributed by atoms with Gasteiger partial charge in [0, 0.05) is 6.54 Å². The third-order valence-corrected chi connectivity index (χ3v) is 3.18. The van der Waals surface area contributed by atoms with Gasteiger partial charge in [0.15, 0.2) is 18.2 Å². The van der Waals surface area contributed by atoms with E-state index in [2.05, 4.69) is 5.32 Å². The molecule has 2 rings (SSSR count). The van der Waals surface area contributed by atoms with E-state index < -0.39 is 5.82 Å². The molecule has 0 heterocycles. The standard InChI is InChI=1S/C18H20FNO3/c1-3-22-17-9-6-14(10-16(17)19)11-20-18(21)12-23-15-7-4-13(2)5-8-15/h4-10H,3,11-12H2,1-2H3,(H,20,21). The lowest BCUT2D eigenvalue weighted by molar-refractivity contribution is -0.123. The number of carbonyl (C=O) groups excluding carboxylic acids is 1. The first-order valence-corrected chi connectivity index (χ1v) is 7.46. The second kappa shape index (κ2) is 8.17. The van der Waals surface area contributed by atoms with Crippen LogP contribution in [-0.2, 0) is 11.3 Å². The van der Waals surface area contributed by atoms with E-state index in [0.29, 0.717) is 17.9 Å². The summed E-state index contributed by atoms with van der Waals surface area (Å²) in [5.41, 5.74) is 1.79. The van der Waals surface area contributed by atoms with Crippen molar-refractivity contribution in [3.05, 3.63) is 59.4 Å². The largest absolute Gasteiger partial charge is 0.491 e. The van der Waals surface area contributed by atoms with Crippen molar-refractivity contribution in [1.82, 2.24) is 5.32 Å². The molecule has 2 aromatic rings. The Morgan fingerprint density at radius 1 is 1.13 bits per heavy atom. The minimum absolute atomic E-state index is 0.0808. The van der Waals surface area contributed by atoms with Gasteiger partial charge in [-0.05, 0) is 43.7 Å². The van der Waals surface area contributed by atoms with E-state index in [9.17, 15) is 9.18 Å². The predicted molar refractivity (Wildman–Crippen MR) is 86.1 cm³/mol. The van der Waals surface area contributed by atoms with Crippen LogP contribution in [0.2, 0.25) is 0 Å². The molecule has 122 valence electrons. The molecule has 1 N–H and O–H groups in total. The van der Waals surface area contributed by atoms with Crippen molar-refractivity contribution in [1.29, 1.82) is 0 Å². The molecule has 0 aliphatic carbocycles. The molecular weight excluding hydrogens is 297 g/mol. The number of nitrogens with one attached hydrogen (secondary N) is 1. The molecule has 1 amide bonds. The maximum atomic E-state index is 13.7. The van der Waals surface area contributed by atoms with Gasteiger partial charge < -0.3 is 14.8 Å². The molecule has 0 radical (unpaired) electrons. The molecular formula is C18H20FNO3. The minimum Gasteiger partial charge on any atom is -0.491 e. The second-order valence-electron chi connectivity index (χ2n) is 5.08. The number of hydrogen-bond donors (Lipinski definition) is 1. The van der Waals surface area contributed by atoms with Gasteiger partial charge in [-0.1, -0.05) is 23.8 Å². The average molecular weight is 317 g/mol. The zero-order chi connectivity index (χ0) is 16.7. The first kappa shape index (κ1) is 16.8. The van der Waals surface area contributed by atoms with E-state index in [0.717, 1.165) is 5.56 Å². The number of hydrogen-bond acceptors (Lipinski definition) is 3. The Hall–Kier alpha value is -2.56. The van der Waals surface area contributed by atoms with E-state index in [1.54, 1.807) is 19.1 Å². The molecule has 4 nitrogen and oxygen atoms in total. The highest BCUT2D eigenvalue weighted by Gasteiger charge is 2.06. The Morgan fingerprint density at radius 2 is 1.87 bits per heavy atom. The highest BCUT2D eigenvalue weighted by Crippen LogP contribution is 2.18. The summed E-state index contributed by atoms with van der Waals surface area (Å²) in [5, 5.41) is 2.69.